The Labute approximate surface area is 196 Å². The molecule has 0 radical (unpaired) electrons. The number of ether oxygens (including phenoxy) is 1. The van der Waals surface area contributed by atoms with E-state index in [1.165, 1.54) is 30.5 Å². The highest BCUT2D eigenvalue weighted by Gasteiger charge is 2.44. The first-order valence-corrected chi connectivity index (χ1v) is 12.0. The van der Waals surface area contributed by atoms with Crippen molar-refractivity contribution in [2.24, 2.45) is 5.92 Å². The normalized spacial score (nSPS) is 25.6. The number of hydrogen-bond acceptors (Lipinski definition) is 5. The van der Waals surface area contributed by atoms with Crippen LogP contribution in [-0.4, -0.2) is 62.4 Å². The number of carbonyl (C=O) groups is 1. The van der Waals surface area contributed by atoms with Crippen LogP contribution in [0.25, 0.3) is 0 Å². The van der Waals surface area contributed by atoms with Crippen LogP contribution in [0.4, 0.5) is 16.2 Å². The van der Waals surface area contributed by atoms with Crippen molar-refractivity contribution in [2.45, 2.75) is 37.8 Å². The van der Waals surface area contributed by atoms with Gasteiger partial charge in [0.2, 0.25) is 0 Å². The fraction of sp³-hybridized carbons (Fsp3) is 0.500. The van der Waals surface area contributed by atoms with E-state index in [9.17, 15) is 4.79 Å². The first kappa shape index (κ1) is 22.0. The van der Waals surface area contributed by atoms with E-state index in [1.54, 1.807) is 7.11 Å². The zero-order valence-corrected chi connectivity index (χ0v) is 19.6. The highest BCUT2D eigenvalue weighted by atomic mass is 16.7. The second-order valence-electron chi connectivity index (χ2n) is 9.37. The molecule has 0 unspecified atom stereocenters. The van der Waals surface area contributed by atoms with Crippen molar-refractivity contribution in [3.05, 3.63) is 54.1 Å². The molecule has 2 aromatic rings. The van der Waals surface area contributed by atoms with Gasteiger partial charge in [-0.2, -0.15) is 5.06 Å². The third-order valence-electron chi connectivity index (χ3n) is 7.38. The van der Waals surface area contributed by atoms with Gasteiger partial charge >= 0.3 is 6.03 Å². The van der Waals surface area contributed by atoms with Crippen LogP contribution < -0.4 is 15.0 Å². The molecule has 0 aliphatic carbocycles. The zero-order valence-electron chi connectivity index (χ0n) is 19.6. The van der Waals surface area contributed by atoms with Crippen LogP contribution in [0.3, 0.4) is 0 Å². The molecule has 0 spiro atoms. The number of fused-ring (bicyclic) bond motifs is 1. The van der Waals surface area contributed by atoms with Crippen LogP contribution in [0.2, 0.25) is 0 Å². The van der Waals surface area contributed by atoms with Crippen molar-refractivity contribution in [1.82, 2.24) is 9.96 Å². The smallest absolute Gasteiger partial charge is 0.322 e. The lowest BCUT2D eigenvalue weighted by atomic mass is 9.85. The summed E-state index contributed by atoms with van der Waals surface area (Å²) < 4.78 is 5.23. The average Bonchev–Trinajstić information content (AvgIpc) is 3.24. The molecular weight excluding hydrogens is 416 g/mol. The summed E-state index contributed by atoms with van der Waals surface area (Å²) in [4.78, 5) is 23.7. The molecule has 3 fully saturated rings. The number of amides is 2. The molecule has 3 aliphatic rings. The van der Waals surface area contributed by atoms with Crippen molar-refractivity contribution in [2.75, 3.05) is 50.6 Å². The number of piperidine rings is 2. The number of urea groups is 1. The molecule has 5 rings (SSSR count). The second kappa shape index (κ2) is 9.61. The third kappa shape index (κ3) is 4.66. The molecule has 0 saturated carbocycles. The monoisotopic (exact) mass is 450 g/mol. The Morgan fingerprint density at radius 1 is 1.03 bits per heavy atom. The van der Waals surface area contributed by atoms with Gasteiger partial charge in [-0.05, 0) is 67.6 Å². The van der Waals surface area contributed by atoms with E-state index in [2.05, 4.69) is 34.5 Å². The molecule has 3 saturated heterocycles. The maximum Gasteiger partial charge on any atom is 0.322 e. The van der Waals surface area contributed by atoms with E-state index in [-0.39, 0.29) is 12.1 Å². The summed E-state index contributed by atoms with van der Waals surface area (Å²) in [5.74, 6) is 1.09. The summed E-state index contributed by atoms with van der Waals surface area (Å²) in [5, 5.41) is 5.07. The number of rotatable bonds is 4. The van der Waals surface area contributed by atoms with Gasteiger partial charge in [-0.25, -0.2) is 4.79 Å². The number of methoxy groups -OCH3 is 1. The Morgan fingerprint density at radius 3 is 2.45 bits per heavy atom. The van der Waals surface area contributed by atoms with Crippen LogP contribution >= 0.6 is 0 Å². The van der Waals surface area contributed by atoms with Gasteiger partial charge in [0.15, 0.2) is 0 Å². The highest BCUT2D eigenvalue weighted by Crippen LogP contribution is 2.39. The van der Waals surface area contributed by atoms with E-state index in [0.29, 0.717) is 25.1 Å². The molecule has 7 nitrogen and oxygen atoms in total. The number of benzene rings is 2. The molecule has 0 aromatic heterocycles. The third-order valence-corrected chi connectivity index (χ3v) is 7.38. The topological polar surface area (TPSA) is 57.3 Å². The first-order chi connectivity index (χ1) is 16.1. The lowest BCUT2D eigenvalue weighted by Gasteiger charge is -2.42. The number of nitrogens with zero attached hydrogens (tertiary/aromatic N) is 3. The summed E-state index contributed by atoms with van der Waals surface area (Å²) in [6.07, 6.45) is 4.71. The van der Waals surface area contributed by atoms with Gasteiger partial charge in [0, 0.05) is 50.0 Å². The molecule has 176 valence electrons. The standard InChI is InChI=1S/C26H34N4O3/c1-28-24-16-25(19-6-10-22(11-7-19)29-14-4-3-5-15-29)30(17-20(24)18-33-28)26(31)27-21-8-12-23(32-2)13-9-21/h6-13,20,24-25H,3-5,14-18H2,1-2H3,(H,27,31)/t20-,24-,25-/m0/s1. The van der Waals surface area contributed by atoms with Crippen molar-refractivity contribution in [3.63, 3.8) is 0 Å². The van der Waals surface area contributed by atoms with Crippen LogP contribution in [0.5, 0.6) is 5.75 Å². The van der Waals surface area contributed by atoms with Gasteiger partial charge in [-0.1, -0.05) is 12.1 Å². The molecule has 3 atom stereocenters. The molecule has 3 heterocycles. The first-order valence-electron chi connectivity index (χ1n) is 12.0. The van der Waals surface area contributed by atoms with Crippen LogP contribution in [0, 0.1) is 5.92 Å². The Bertz CT molecular complexity index is 943. The van der Waals surface area contributed by atoms with Gasteiger partial charge in [0.05, 0.1) is 19.8 Å². The van der Waals surface area contributed by atoms with Crippen LogP contribution in [0.1, 0.15) is 37.3 Å². The molecule has 2 aromatic carbocycles. The van der Waals surface area contributed by atoms with Crippen molar-refractivity contribution in [3.8, 4) is 5.75 Å². The number of hydrogen-bond donors (Lipinski definition) is 1. The summed E-state index contributed by atoms with van der Waals surface area (Å²) in [6.45, 7) is 3.60. The van der Waals surface area contributed by atoms with E-state index in [1.807, 2.05) is 41.3 Å². The van der Waals surface area contributed by atoms with Gasteiger partial charge in [0.25, 0.3) is 0 Å². The molecule has 2 amide bonds. The molecule has 0 bridgehead atoms. The fourth-order valence-electron chi connectivity index (χ4n) is 5.44. The number of nitrogens with one attached hydrogen (secondary N) is 1. The van der Waals surface area contributed by atoms with E-state index in [0.717, 1.165) is 30.9 Å². The zero-order chi connectivity index (χ0) is 22.8. The molecule has 3 aliphatic heterocycles. The predicted octanol–water partition coefficient (Wildman–Crippen LogP) is 4.53. The van der Waals surface area contributed by atoms with Gasteiger partial charge in [-0.15, -0.1) is 0 Å². The highest BCUT2D eigenvalue weighted by molar-refractivity contribution is 5.89. The van der Waals surface area contributed by atoms with Gasteiger partial charge in [0.1, 0.15) is 5.75 Å². The van der Waals surface area contributed by atoms with E-state index < -0.39 is 0 Å². The molecule has 33 heavy (non-hydrogen) atoms. The Balaban J connectivity index is 1.36. The number of likely N-dealkylation sites (tertiary alicyclic amines) is 1. The molecular formula is C26H34N4O3. The Kier molecular flexibility index (Phi) is 6.42. The van der Waals surface area contributed by atoms with E-state index >= 15 is 0 Å². The average molecular weight is 451 g/mol. The fourth-order valence-corrected chi connectivity index (χ4v) is 5.44. The van der Waals surface area contributed by atoms with Crippen LogP contribution in [-0.2, 0) is 4.84 Å². The van der Waals surface area contributed by atoms with Gasteiger partial charge < -0.3 is 19.9 Å². The second-order valence-corrected chi connectivity index (χ2v) is 9.37. The maximum absolute atomic E-state index is 13.4. The van der Waals surface area contributed by atoms with Crippen molar-refractivity contribution < 1.29 is 14.4 Å². The Hall–Kier alpha value is -2.77. The summed E-state index contributed by atoms with van der Waals surface area (Å²) in [5.41, 5.74) is 3.23. The van der Waals surface area contributed by atoms with E-state index in [4.69, 9.17) is 9.57 Å². The van der Waals surface area contributed by atoms with Crippen molar-refractivity contribution in [1.29, 1.82) is 0 Å². The van der Waals surface area contributed by atoms with Gasteiger partial charge in [-0.3, -0.25) is 4.84 Å². The number of anilines is 2. The summed E-state index contributed by atoms with van der Waals surface area (Å²) in [7, 11) is 3.65. The molecule has 1 N–H and O–H groups in total. The number of hydroxylamine groups is 2. The predicted molar refractivity (Wildman–Crippen MR) is 130 cm³/mol. The maximum atomic E-state index is 13.4. The summed E-state index contributed by atoms with van der Waals surface area (Å²) >= 11 is 0. The minimum Gasteiger partial charge on any atom is -0.497 e. The van der Waals surface area contributed by atoms with Crippen LogP contribution in [0.15, 0.2) is 48.5 Å². The quantitative estimate of drug-likeness (QED) is 0.742. The lowest BCUT2D eigenvalue weighted by Crippen LogP contribution is -2.50. The Morgan fingerprint density at radius 2 is 1.76 bits per heavy atom. The summed E-state index contributed by atoms with van der Waals surface area (Å²) in [6, 6.07) is 16.6. The minimum atomic E-state index is -0.0710. The SMILES string of the molecule is COc1ccc(NC(=O)N2C[C@H]3CON(C)[C@H]3C[C@H]2c2ccc(N3CCCCC3)cc2)cc1. The lowest BCUT2D eigenvalue weighted by molar-refractivity contribution is -0.113. The largest absolute Gasteiger partial charge is 0.497 e. The van der Waals surface area contributed by atoms with Crippen molar-refractivity contribution >= 4 is 17.4 Å². The number of carbonyl (C=O) groups excluding carboxylic acids is 1. The minimum absolute atomic E-state index is 0.00375. The molecule has 7 heteroatoms.